The summed E-state index contributed by atoms with van der Waals surface area (Å²) in [7, 11) is 0. The molecule has 0 unspecified atom stereocenters. The zero-order valence-corrected chi connectivity index (χ0v) is 10.1. The van der Waals surface area contributed by atoms with Crippen molar-refractivity contribution in [3.05, 3.63) is 46.5 Å². The molecule has 17 heavy (non-hydrogen) atoms. The normalized spacial score (nSPS) is 13.5. The van der Waals surface area contributed by atoms with E-state index in [1.54, 1.807) is 6.92 Å². The molecule has 0 saturated heterocycles. The highest BCUT2D eigenvalue weighted by molar-refractivity contribution is 6.30. The van der Waals surface area contributed by atoms with Crippen LogP contribution in [-0.2, 0) is 6.18 Å². The Morgan fingerprint density at radius 1 is 1.47 bits per heavy atom. The summed E-state index contributed by atoms with van der Waals surface area (Å²) in [6.45, 7) is 5.37. The fraction of sp³-hybridized carbons (Fsp3) is 0.333. The van der Waals surface area contributed by atoms with E-state index in [0.717, 1.165) is 11.6 Å². The zero-order chi connectivity index (χ0) is 13.2. The maximum atomic E-state index is 12.8. The lowest BCUT2D eigenvalue weighted by Crippen LogP contribution is -2.17. The third-order valence-corrected chi connectivity index (χ3v) is 2.52. The molecule has 0 fully saturated rings. The van der Waals surface area contributed by atoms with E-state index in [2.05, 4.69) is 6.58 Å². The lowest BCUT2D eigenvalue weighted by atomic mass is 9.96. The van der Waals surface area contributed by atoms with E-state index in [-0.39, 0.29) is 10.6 Å². The minimum absolute atomic E-state index is 0.0450. The summed E-state index contributed by atoms with van der Waals surface area (Å²) >= 11 is 5.57. The third kappa shape index (κ3) is 3.75. The van der Waals surface area contributed by atoms with Crippen molar-refractivity contribution in [2.75, 3.05) is 0 Å². The lowest BCUT2D eigenvalue weighted by Gasteiger charge is -2.18. The van der Waals surface area contributed by atoms with Gasteiger partial charge in [-0.2, -0.15) is 13.2 Å². The summed E-state index contributed by atoms with van der Waals surface area (Å²) in [5.41, 5.74) is 5.74. The number of hydrogen-bond donors (Lipinski definition) is 1. The van der Waals surface area contributed by atoms with Crippen molar-refractivity contribution in [2.45, 2.75) is 25.6 Å². The number of hydrogen-bond acceptors (Lipinski definition) is 1. The van der Waals surface area contributed by atoms with Crippen LogP contribution in [0.15, 0.2) is 30.4 Å². The van der Waals surface area contributed by atoms with Gasteiger partial charge in [-0.15, -0.1) is 6.58 Å². The Balaban J connectivity index is 3.19. The first-order valence-corrected chi connectivity index (χ1v) is 5.36. The second-order valence-electron chi connectivity index (χ2n) is 4.00. The van der Waals surface area contributed by atoms with Gasteiger partial charge in [0.2, 0.25) is 0 Å². The minimum Gasteiger partial charge on any atom is -0.324 e. The van der Waals surface area contributed by atoms with Crippen LogP contribution in [0.1, 0.15) is 30.5 Å². The van der Waals surface area contributed by atoms with E-state index in [1.807, 2.05) is 0 Å². The number of halogens is 4. The summed E-state index contributed by atoms with van der Waals surface area (Å²) in [5, 5.41) is 0.0450. The van der Waals surface area contributed by atoms with E-state index in [0.29, 0.717) is 6.42 Å². The molecule has 0 radical (unpaired) electrons. The Kier molecular flexibility index (Phi) is 4.22. The average Bonchev–Trinajstić information content (AvgIpc) is 2.14. The molecule has 1 atom stereocenters. The van der Waals surface area contributed by atoms with Crippen LogP contribution in [0.2, 0.25) is 5.02 Å². The van der Waals surface area contributed by atoms with Crippen molar-refractivity contribution >= 4 is 11.6 Å². The molecule has 0 aliphatic carbocycles. The maximum Gasteiger partial charge on any atom is 0.416 e. The van der Waals surface area contributed by atoms with Gasteiger partial charge in [-0.25, -0.2) is 0 Å². The quantitative estimate of drug-likeness (QED) is 0.808. The Bertz CT molecular complexity index is 426. The summed E-state index contributed by atoms with van der Waals surface area (Å²) in [6.07, 6.45) is -4.14. The van der Waals surface area contributed by atoms with Crippen LogP contribution in [-0.4, -0.2) is 0 Å². The summed E-state index contributed by atoms with van der Waals surface area (Å²) < 4.78 is 38.4. The van der Waals surface area contributed by atoms with Gasteiger partial charge >= 0.3 is 6.18 Å². The van der Waals surface area contributed by atoms with Crippen LogP contribution in [0.3, 0.4) is 0 Å². The molecule has 0 aliphatic rings. The van der Waals surface area contributed by atoms with Gasteiger partial charge < -0.3 is 5.73 Å². The van der Waals surface area contributed by atoms with Gasteiger partial charge in [0, 0.05) is 11.1 Å². The van der Waals surface area contributed by atoms with E-state index < -0.39 is 17.8 Å². The Labute approximate surface area is 103 Å². The smallest absolute Gasteiger partial charge is 0.324 e. The Morgan fingerprint density at radius 3 is 2.53 bits per heavy atom. The second kappa shape index (κ2) is 5.10. The van der Waals surface area contributed by atoms with Crippen molar-refractivity contribution < 1.29 is 13.2 Å². The number of rotatable bonds is 3. The molecule has 0 aromatic heterocycles. The van der Waals surface area contributed by atoms with Gasteiger partial charge in [-0.05, 0) is 31.0 Å². The van der Waals surface area contributed by atoms with E-state index in [9.17, 15) is 13.2 Å². The Hall–Kier alpha value is -1.00. The topological polar surface area (TPSA) is 26.0 Å². The van der Waals surface area contributed by atoms with Gasteiger partial charge in [0.15, 0.2) is 0 Å². The lowest BCUT2D eigenvalue weighted by molar-refractivity contribution is -0.138. The van der Waals surface area contributed by atoms with Crippen LogP contribution in [0.4, 0.5) is 13.2 Å². The number of alkyl halides is 3. The molecule has 1 rings (SSSR count). The monoisotopic (exact) mass is 263 g/mol. The van der Waals surface area contributed by atoms with Crippen molar-refractivity contribution in [3.8, 4) is 0 Å². The standard InChI is InChI=1S/C12H13ClF3N/c1-7(2)5-11(17)9-4-3-8(13)6-10(9)12(14,15)16/h3-4,6,11H,1,5,17H2,2H3/t11-/m1/s1. The second-order valence-corrected chi connectivity index (χ2v) is 4.43. The SMILES string of the molecule is C=C(C)C[C@@H](N)c1ccc(Cl)cc1C(F)(F)F. The van der Waals surface area contributed by atoms with E-state index in [1.165, 1.54) is 12.1 Å². The molecular formula is C12H13ClF3N. The molecule has 0 amide bonds. The molecule has 2 N–H and O–H groups in total. The Morgan fingerprint density at radius 2 is 2.06 bits per heavy atom. The van der Waals surface area contributed by atoms with Crippen LogP contribution >= 0.6 is 11.6 Å². The average molecular weight is 264 g/mol. The van der Waals surface area contributed by atoms with Crippen molar-refractivity contribution in [1.29, 1.82) is 0 Å². The van der Waals surface area contributed by atoms with Crippen LogP contribution < -0.4 is 5.73 Å². The molecule has 1 nitrogen and oxygen atoms in total. The summed E-state index contributed by atoms with van der Waals surface area (Å²) in [6, 6.07) is 2.90. The third-order valence-electron chi connectivity index (χ3n) is 2.29. The number of nitrogens with two attached hydrogens (primary N) is 1. The zero-order valence-electron chi connectivity index (χ0n) is 9.31. The van der Waals surface area contributed by atoms with Crippen LogP contribution in [0.25, 0.3) is 0 Å². The molecule has 0 aliphatic heterocycles. The molecule has 0 saturated carbocycles. The predicted molar refractivity (Wildman–Crippen MR) is 62.8 cm³/mol. The number of benzene rings is 1. The molecule has 0 spiro atoms. The van der Waals surface area contributed by atoms with Crippen LogP contribution in [0.5, 0.6) is 0 Å². The summed E-state index contributed by atoms with van der Waals surface area (Å²) in [5.74, 6) is 0. The highest BCUT2D eigenvalue weighted by Crippen LogP contribution is 2.36. The highest BCUT2D eigenvalue weighted by atomic mass is 35.5. The molecule has 94 valence electrons. The molecule has 0 bridgehead atoms. The molecule has 0 heterocycles. The highest BCUT2D eigenvalue weighted by Gasteiger charge is 2.34. The van der Waals surface area contributed by atoms with Crippen molar-refractivity contribution in [1.82, 2.24) is 0 Å². The van der Waals surface area contributed by atoms with E-state index >= 15 is 0 Å². The van der Waals surface area contributed by atoms with Gasteiger partial charge in [0.25, 0.3) is 0 Å². The maximum absolute atomic E-state index is 12.8. The molecule has 1 aromatic rings. The predicted octanol–water partition coefficient (Wildman–Crippen LogP) is 4.32. The van der Waals surface area contributed by atoms with Gasteiger partial charge in [-0.1, -0.05) is 23.2 Å². The molecule has 1 aromatic carbocycles. The fourth-order valence-corrected chi connectivity index (χ4v) is 1.75. The largest absolute Gasteiger partial charge is 0.416 e. The van der Waals surface area contributed by atoms with Gasteiger partial charge in [-0.3, -0.25) is 0 Å². The molecule has 5 heteroatoms. The first-order chi connectivity index (χ1) is 7.71. The van der Waals surface area contributed by atoms with Crippen molar-refractivity contribution in [3.63, 3.8) is 0 Å². The van der Waals surface area contributed by atoms with Gasteiger partial charge in [0.1, 0.15) is 0 Å². The van der Waals surface area contributed by atoms with E-state index in [4.69, 9.17) is 17.3 Å². The fourth-order valence-electron chi connectivity index (χ4n) is 1.58. The van der Waals surface area contributed by atoms with Crippen LogP contribution in [0, 0.1) is 0 Å². The molecular weight excluding hydrogens is 251 g/mol. The summed E-state index contributed by atoms with van der Waals surface area (Å²) in [4.78, 5) is 0. The van der Waals surface area contributed by atoms with Crippen molar-refractivity contribution in [2.24, 2.45) is 5.73 Å². The first kappa shape index (κ1) is 14.1. The minimum atomic E-state index is -4.45. The van der Waals surface area contributed by atoms with Gasteiger partial charge in [0.05, 0.1) is 5.56 Å². The first-order valence-electron chi connectivity index (χ1n) is 4.98.